The van der Waals surface area contributed by atoms with Crippen LogP contribution in [0.3, 0.4) is 0 Å². The van der Waals surface area contributed by atoms with E-state index in [0.29, 0.717) is 12.1 Å². The molecular weight excluding hydrogens is 190 g/mol. The van der Waals surface area contributed by atoms with Crippen molar-refractivity contribution in [2.45, 2.75) is 58.2 Å². The van der Waals surface area contributed by atoms with Crippen LogP contribution in [0.2, 0.25) is 0 Å². The SMILES string of the molecule is CC(C)NC(=O)NCC1CCCC(C)N1. The third kappa shape index (κ3) is 5.02. The normalized spacial score (nSPS) is 26.4. The molecular formula is C11H23N3O. The van der Waals surface area contributed by atoms with E-state index in [2.05, 4.69) is 22.9 Å². The topological polar surface area (TPSA) is 53.2 Å². The van der Waals surface area contributed by atoms with Gasteiger partial charge >= 0.3 is 6.03 Å². The minimum atomic E-state index is -0.0648. The molecule has 0 aliphatic carbocycles. The number of piperidine rings is 1. The molecule has 88 valence electrons. The summed E-state index contributed by atoms with van der Waals surface area (Å²) in [4.78, 5) is 11.3. The van der Waals surface area contributed by atoms with E-state index in [0.717, 1.165) is 13.0 Å². The molecule has 2 atom stereocenters. The van der Waals surface area contributed by atoms with Crippen LogP contribution in [0.15, 0.2) is 0 Å². The standard InChI is InChI=1S/C11H23N3O/c1-8(2)13-11(15)12-7-10-6-4-5-9(3)14-10/h8-10,14H,4-7H2,1-3H3,(H2,12,13,15). The number of carbonyl (C=O) groups excluding carboxylic acids is 1. The van der Waals surface area contributed by atoms with E-state index >= 15 is 0 Å². The summed E-state index contributed by atoms with van der Waals surface area (Å²) in [6.07, 6.45) is 3.66. The van der Waals surface area contributed by atoms with Gasteiger partial charge in [-0.15, -0.1) is 0 Å². The van der Waals surface area contributed by atoms with Crippen LogP contribution in [0.5, 0.6) is 0 Å². The third-order valence-corrected chi connectivity index (χ3v) is 2.64. The second kappa shape index (κ2) is 5.95. The van der Waals surface area contributed by atoms with Crippen molar-refractivity contribution in [2.75, 3.05) is 6.54 Å². The molecule has 4 heteroatoms. The minimum Gasteiger partial charge on any atom is -0.337 e. The highest BCUT2D eigenvalue weighted by molar-refractivity contribution is 5.74. The van der Waals surface area contributed by atoms with Crippen molar-refractivity contribution in [2.24, 2.45) is 0 Å². The molecule has 1 heterocycles. The Hall–Kier alpha value is -0.770. The van der Waals surface area contributed by atoms with E-state index in [1.807, 2.05) is 13.8 Å². The molecule has 1 aliphatic heterocycles. The maximum Gasteiger partial charge on any atom is 0.315 e. The van der Waals surface area contributed by atoms with Crippen molar-refractivity contribution < 1.29 is 4.79 Å². The maximum atomic E-state index is 11.3. The molecule has 0 aromatic carbocycles. The van der Waals surface area contributed by atoms with E-state index in [4.69, 9.17) is 0 Å². The van der Waals surface area contributed by atoms with Crippen molar-refractivity contribution in [1.82, 2.24) is 16.0 Å². The average molecular weight is 213 g/mol. The van der Waals surface area contributed by atoms with Crippen LogP contribution in [-0.2, 0) is 0 Å². The second-order valence-corrected chi connectivity index (χ2v) is 4.70. The molecule has 1 aliphatic rings. The fourth-order valence-corrected chi connectivity index (χ4v) is 1.93. The molecule has 15 heavy (non-hydrogen) atoms. The van der Waals surface area contributed by atoms with Crippen molar-refractivity contribution in [3.8, 4) is 0 Å². The number of rotatable bonds is 3. The Labute approximate surface area is 92.2 Å². The fraction of sp³-hybridized carbons (Fsp3) is 0.909. The number of hydrogen-bond donors (Lipinski definition) is 3. The molecule has 0 spiro atoms. The van der Waals surface area contributed by atoms with Crippen LogP contribution in [0.25, 0.3) is 0 Å². The number of nitrogens with one attached hydrogen (secondary N) is 3. The van der Waals surface area contributed by atoms with E-state index in [1.165, 1.54) is 12.8 Å². The summed E-state index contributed by atoms with van der Waals surface area (Å²) in [6.45, 7) is 6.84. The van der Waals surface area contributed by atoms with Crippen LogP contribution in [0, 0.1) is 0 Å². The van der Waals surface area contributed by atoms with Gasteiger partial charge in [-0.3, -0.25) is 0 Å². The van der Waals surface area contributed by atoms with Crippen LogP contribution in [-0.4, -0.2) is 30.7 Å². The predicted octanol–water partition coefficient (Wildman–Crippen LogP) is 1.22. The van der Waals surface area contributed by atoms with Crippen molar-refractivity contribution in [3.63, 3.8) is 0 Å². The van der Waals surface area contributed by atoms with Gasteiger partial charge in [0.05, 0.1) is 0 Å². The first-order valence-electron chi connectivity index (χ1n) is 5.88. The summed E-state index contributed by atoms with van der Waals surface area (Å²) in [5, 5.41) is 9.19. The molecule has 3 N–H and O–H groups in total. The van der Waals surface area contributed by atoms with Crippen molar-refractivity contribution in [1.29, 1.82) is 0 Å². The summed E-state index contributed by atoms with van der Waals surface area (Å²) >= 11 is 0. The van der Waals surface area contributed by atoms with Gasteiger partial charge in [0.2, 0.25) is 0 Å². The first-order chi connectivity index (χ1) is 7.08. The van der Waals surface area contributed by atoms with Gasteiger partial charge in [-0.2, -0.15) is 0 Å². The minimum absolute atomic E-state index is 0.0648. The second-order valence-electron chi connectivity index (χ2n) is 4.70. The number of urea groups is 1. The molecule has 4 nitrogen and oxygen atoms in total. The Morgan fingerprint density at radius 2 is 2.20 bits per heavy atom. The molecule has 0 radical (unpaired) electrons. The monoisotopic (exact) mass is 213 g/mol. The largest absolute Gasteiger partial charge is 0.337 e. The summed E-state index contributed by atoms with van der Waals surface area (Å²) in [5.74, 6) is 0. The Morgan fingerprint density at radius 3 is 2.80 bits per heavy atom. The molecule has 1 fully saturated rings. The lowest BCUT2D eigenvalue weighted by Crippen LogP contribution is -2.49. The van der Waals surface area contributed by atoms with Gasteiger partial charge in [-0.1, -0.05) is 6.42 Å². The Balaban J connectivity index is 2.16. The molecule has 2 amide bonds. The predicted molar refractivity (Wildman–Crippen MR) is 61.9 cm³/mol. The van der Waals surface area contributed by atoms with Gasteiger partial charge in [0.1, 0.15) is 0 Å². The van der Waals surface area contributed by atoms with Crippen LogP contribution < -0.4 is 16.0 Å². The third-order valence-electron chi connectivity index (χ3n) is 2.64. The molecule has 0 aromatic heterocycles. The van der Waals surface area contributed by atoms with Gasteiger partial charge in [-0.25, -0.2) is 4.79 Å². The van der Waals surface area contributed by atoms with Crippen molar-refractivity contribution in [3.05, 3.63) is 0 Å². The van der Waals surface area contributed by atoms with E-state index in [9.17, 15) is 4.79 Å². The Morgan fingerprint density at radius 1 is 1.47 bits per heavy atom. The number of amides is 2. The van der Waals surface area contributed by atoms with Gasteiger partial charge in [0, 0.05) is 24.7 Å². The molecule has 1 rings (SSSR count). The Kier molecular flexibility index (Phi) is 4.88. The quantitative estimate of drug-likeness (QED) is 0.660. The highest BCUT2D eigenvalue weighted by atomic mass is 16.2. The lowest BCUT2D eigenvalue weighted by molar-refractivity contribution is 0.234. The first kappa shape index (κ1) is 12.3. The fourth-order valence-electron chi connectivity index (χ4n) is 1.93. The first-order valence-corrected chi connectivity index (χ1v) is 5.88. The van der Waals surface area contributed by atoms with Gasteiger partial charge in [-0.05, 0) is 33.6 Å². The van der Waals surface area contributed by atoms with E-state index in [1.54, 1.807) is 0 Å². The van der Waals surface area contributed by atoms with E-state index < -0.39 is 0 Å². The van der Waals surface area contributed by atoms with Crippen LogP contribution in [0.4, 0.5) is 4.79 Å². The summed E-state index contributed by atoms with van der Waals surface area (Å²) in [6, 6.07) is 1.15. The molecule has 0 bridgehead atoms. The highest BCUT2D eigenvalue weighted by Gasteiger charge is 2.17. The van der Waals surface area contributed by atoms with Gasteiger partial charge < -0.3 is 16.0 Å². The molecule has 0 aromatic rings. The van der Waals surface area contributed by atoms with E-state index in [-0.39, 0.29) is 12.1 Å². The van der Waals surface area contributed by atoms with Crippen LogP contribution in [0.1, 0.15) is 40.0 Å². The lowest BCUT2D eigenvalue weighted by atomic mass is 10.00. The highest BCUT2D eigenvalue weighted by Crippen LogP contribution is 2.11. The average Bonchev–Trinajstić information content (AvgIpc) is 2.14. The maximum absolute atomic E-state index is 11.3. The zero-order chi connectivity index (χ0) is 11.3. The molecule has 1 saturated heterocycles. The molecule has 2 unspecified atom stereocenters. The summed E-state index contributed by atoms with van der Waals surface area (Å²) in [7, 11) is 0. The number of hydrogen-bond acceptors (Lipinski definition) is 2. The zero-order valence-corrected chi connectivity index (χ0v) is 9.97. The Bertz CT molecular complexity index is 206. The number of carbonyl (C=O) groups is 1. The molecule has 0 saturated carbocycles. The zero-order valence-electron chi connectivity index (χ0n) is 9.97. The summed E-state index contributed by atoms with van der Waals surface area (Å²) < 4.78 is 0. The lowest BCUT2D eigenvalue weighted by Gasteiger charge is -2.29. The smallest absolute Gasteiger partial charge is 0.315 e. The van der Waals surface area contributed by atoms with Crippen LogP contribution >= 0.6 is 0 Å². The van der Waals surface area contributed by atoms with Gasteiger partial charge in [0.15, 0.2) is 0 Å². The van der Waals surface area contributed by atoms with Gasteiger partial charge in [0.25, 0.3) is 0 Å². The summed E-state index contributed by atoms with van der Waals surface area (Å²) in [5.41, 5.74) is 0. The van der Waals surface area contributed by atoms with Crippen molar-refractivity contribution >= 4 is 6.03 Å².